The summed E-state index contributed by atoms with van der Waals surface area (Å²) in [6.07, 6.45) is 0.222. The van der Waals surface area contributed by atoms with Gasteiger partial charge in [0.05, 0.1) is 0 Å². The Kier molecular flexibility index (Phi) is 5.14. The number of hydrogen-bond donors (Lipinski definition) is 2. The molecule has 3 aromatic rings. The Morgan fingerprint density at radius 1 is 0.960 bits per heavy atom. The van der Waals surface area contributed by atoms with Gasteiger partial charge in [-0.2, -0.15) is 0 Å². The van der Waals surface area contributed by atoms with Crippen molar-refractivity contribution < 1.29 is 14.7 Å². The number of benzene rings is 3. The molecule has 0 fully saturated rings. The third-order valence-corrected chi connectivity index (χ3v) is 4.44. The molecule has 1 amide bonds. The van der Waals surface area contributed by atoms with Crippen molar-refractivity contribution in [1.29, 1.82) is 0 Å². The molecule has 0 saturated carbocycles. The molecular formula is C20H16BrNO3. The minimum absolute atomic E-state index is 0.222. The van der Waals surface area contributed by atoms with Crippen LogP contribution in [0, 0.1) is 0 Å². The maximum atomic E-state index is 12.3. The highest BCUT2D eigenvalue weighted by molar-refractivity contribution is 9.10. The Balaban J connectivity index is 1.78. The van der Waals surface area contributed by atoms with Crippen LogP contribution in [-0.4, -0.2) is 23.0 Å². The number of hydrogen-bond acceptors (Lipinski definition) is 2. The number of amides is 1. The number of carboxylic acids is 1. The Hall–Kier alpha value is -2.66. The topological polar surface area (TPSA) is 66.4 Å². The molecular weight excluding hydrogens is 382 g/mol. The first kappa shape index (κ1) is 17.2. The average Bonchev–Trinajstić information content (AvgIpc) is 2.61. The molecule has 0 heterocycles. The summed E-state index contributed by atoms with van der Waals surface area (Å²) in [6, 6.07) is 19.5. The van der Waals surface area contributed by atoms with E-state index < -0.39 is 17.9 Å². The van der Waals surface area contributed by atoms with E-state index in [0.717, 1.165) is 20.8 Å². The summed E-state index contributed by atoms with van der Waals surface area (Å²) >= 11 is 3.31. The van der Waals surface area contributed by atoms with Gasteiger partial charge in [-0.25, -0.2) is 4.79 Å². The maximum absolute atomic E-state index is 12.3. The SMILES string of the molecule is O=C(N[C@H](Cc1ccc2ccccc2c1)C(=O)O)c1cccc(Br)c1. The highest BCUT2D eigenvalue weighted by Gasteiger charge is 2.21. The average molecular weight is 398 g/mol. The predicted molar refractivity (Wildman–Crippen MR) is 101 cm³/mol. The van der Waals surface area contributed by atoms with Crippen LogP contribution >= 0.6 is 15.9 Å². The third kappa shape index (κ3) is 4.25. The second-order valence-electron chi connectivity index (χ2n) is 5.76. The lowest BCUT2D eigenvalue weighted by atomic mass is 10.0. The number of carbonyl (C=O) groups is 2. The van der Waals surface area contributed by atoms with Gasteiger partial charge in [0.15, 0.2) is 0 Å². The largest absolute Gasteiger partial charge is 0.480 e. The van der Waals surface area contributed by atoms with Gasteiger partial charge in [0.1, 0.15) is 6.04 Å². The third-order valence-electron chi connectivity index (χ3n) is 3.94. The quantitative estimate of drug-likeness (QED) is 0.682. The fourth-order valence-electron chi connectivity index (χ4n) is 2.67. The molecule has 0 radical (unpaired) electrons. The highest BCUT2D eigenvalue weighted by atomic mass is 79.9. The molecule has 3 aromatic carbocycles. The van der Waals surface area contributed by atoms with E-state index in [4.69, 9.17) is 0 Å². The summed E-state index contributed by atoms with van der Waals surface area (Å²) in [5, 5.41) is 14.2. The van der Waals surface area contributed by atoms with Crippen LogP contribution in [0.4, 0.5) is 0 Å². The van der Waals surface area contributed by atoms with Crippen LogP contribution in [0.5, 0.6) is 0 Å². The van der Waals surface area contributed by atoms with Crippen LogP contribution in [-0.2, 0) is 11.2 Å². The van der Waals surface area contributed by atoms with E-state index in [9.17, 15) is 14.7 Å². The van der Waals surface area contributed by atoms with Gasteiger partial charge in [-0.3, -0.25) is 4.79 Å². The first-order chi connectivity index (χ1) is 12.0. The van der Waals surface area contributed by atoms with E-state index in [1.807, 2.05) is 42.5 Å². The standard InChI is InChI=1S/C20H16BrNO3/c21-17-7-3-6-16(12-17)19(23)22-18(20(24)25)11-13-8-9-14-4-1-2-5-15(14)10-13/h1-10,12,18H,11H2,(H,22,23)(H,24,25)/t18-/m1/s1. The molecule has 0 unspecified atom stereocenters. The zero-order valence-corrected chi connectivity index (χ0v) is 14.9. The van der Waals surface area contributed by atoms with Crippen molar-refractivity contribution in [2.45, 2.75) is 12.5 Å². The molecule has 0 spiro atoms. The molecule has 3 rings (SSSR count). The van der Waals surface area contributed by atoms with Crippen molar-refractivity contribution in [2.75, 3.05) is 0 Å². The van der Waals surface area contributed by atoms with E-state index in [1.54, 1.807) is 24.3 Å². The monoisotopic (exact) mass is 397 g/mol. The number of carbonyl (C=O) groups excluding carboxylic acids is 1. The van der Waals surface area contributed by atoms with Crippen LogP contribution in [0.3, 0.4) is 0 Å². The molecule has 5 heteroatoms. The lowest BCUT2D eigenvalue weighted by Gasteiger charge is -2.15. The highest BCUT2D eigenvalue weighted by Crippen LogP contribution is 2.17. The lowest BCUT2D eigenvalue weighted by Crippen LogP contribution is -2.42. The zero-order chi connectivity index (χ0) is 17.8. The number of fused-ring (bicyclic) bond motifs is 1. The number of nitrogens with one attached hydrogen (secondary N) is 1. The Morgan fingerprint density at radius 3 is 2.44 bits per heavy atom. The van der Waals surface area contributed by atoms with E-state index in [-0.39, 0.29) is 6.42 Å². The van der Waals surface area contributed by atoms with Crippen molar-refractivity contribution in [3.05, 3.63) is 82.3 Å². The molecule has 0 bridgehead atoms. The van der Waals surface area contributed by atoms with Crippen molar-refractivity contribution in [3.8, 4) is 0 Å². The second kappa shape index (κ2) is 7.49. The number of halogens is 1. The molecule has 25 heavy (non-hydrogen) atoms. The van der Waals surface area contributed by atoms with Crippen molar-refractivity contribution >= 4 is 38.6 Å². The minimum atomic E-state index is -1.06. The van der Waals surface area contributed by atoms with Crippen LogP contribution in [0.25, 0.3) is 10.8 Å². The first-order valence-corrected chi connectivity index (χ1v) is 8.59. The lowest BCUT2D eigenvalue weighted by molar-refractivity contribution is -0.139. The van der Waals surface area contributed by atoms with Gasteiger partial charge in [0, 0.05) is 16.5 Å². The molecule has 126 valence electrons. The van der Waals surface area contributed by atoms with Crippen LogP contribution in [0.1, 0.15) is 15.9 Å². The number of rotatable bonds is 5. The molecule has 0 aliphatic carbocycles. The van der Waals surface area contributed by atoms with Gasteiger partial charge < -0.3 is 10.4 Å². The summed E-state index contributed by atoms with van der Waals surface area (Å²) < 4.78 is 0.765. The summed E-state index contributed by atoms with van der Waals surface area (Å²) in [4.78, 5) is 23.9. The van der Waals surface area contributed by atoms with E-state index in [1.165, 1.54) is 0 Å². The summed E-state index contributed by atoms with van der Waals surface area (Å²) in [5.41, 5.74) is 1.28. The predicted octanol–water partition coefficient (Wildman–Crippen LogP) is 4.03. The number of carboxylic acid groups (broad SMARTS) is 1. The van der Waals surface area contributed by atoms with Crippen LogP contribution in [0.15, 0.2) is 71.2 Å². The van der Waals surface area contributed by atoms with Crippen LogP contribution in [0.2, 0.25) is 0 Å². The number of aliphatic carboxylic acids is 1. The Labute approximate surface area is 153 Å². The smallest absolute Gasteiger partial charge is 0.326 e. The summed E-state index contributed by atoms with van der Waals surface area (Å²) in [5.74, 6) is -1.47. The summed E-state index contributed by atoms with van der Waals surface area (Å²) in [7, 11) is 0. The molecule has 0 saturated heterocycles. The van der Waals surface area contributed by atoms with Gasteiger partial charge in [0.2, 0.25) is 0 Å². The van der Waals surface area contributed by atoms with Crippen LogP contribution < -0.4 is 5.32 Å². The van der Waals surface area contributed by atoms with Gasteiger partial charge in [0.25, 0.3) is 5.91 Å². The normalized spacial score (nSPS) is 11.9. The Morgan fingerprint density at radius 2 is 1.72 bits per heavy atom. The fourth-order valence-corrected chi connectivity index (χ4v) is 3.07. The van der Waals surface area contributed by atoms with Crippen molar-refractivity contribution in [3.63, 3.8) is 0 Å². The molecule has 0 aliphatic heterocycles. The molecule has 0 aliphatic rings. The van der Waals surface area contributed by atoms with E-state index in [2.05, 4.69) is 21.2 Å². The molecule has 2 N–H and O–H groups in total. The van der Waals surface area contributed by atoms with Crippen molar-refractivity contribution in [1.82, 2.24) is 5.32 Å². The second-order valence-corrected chi connectivity index (χ2v) is 6.68. The Bertz CT molecular complexity index is 939. The first-order valence-electron chi connectivity index (χ1n) is 7.80. The van der Waals surface area contributed by atoms with Crippen molar-refractivity contribution in [2.24, 2.45) is 0 Å². The molecule has 1 atom stereocenters. The van der Waals surface area contributed by atoms with E-state index in [0.29, 0.717) is 5.56 Å². The van der Waals surface area contributed by atoms with Gasteiger partial charge in [-0.1, -0.05) is 64.5 Å². The van der Waals surface area contributed by atoms with Gasteiger partial charge >= 0.3 is 5.97 Å². The molecule has 4 nitrogen and oxygen atoms in total. The fraction of sp³-hybridized carbons (Fsp3) is 0.100. The maximum Gasteiger partial charge on any atom is 0.326 e. The van der Waals surface area contributed by atoms with E-state index >= 15 is 0 Å². The van der Waals surface area contributed by atoms with Gasteiger partial charge in [-0.05, 0) is 34.5 Å². The zero-order valence-electron chi connectivity index (χ0n) is 13.3. The van der Waals surface area contributed by atoms with Gasteiger partial charge in [-0.15, -0.1) is 0 Å². The summed E-state index contributed by atoms with van der Waals surface area (Å²) in [6.45, 7) is 0. The minimum Gasteiger partial charge on any atom is -0.480 e. The molecule has 0 aromatic heterocycles.